The average Bonchev–Trinajstić information content (AvgIpc) is 2.55. The first-order valence-electron chi connectivity index (χ1n) is 11.0. The minimum absolute atomic E-state index is 0.272. The van der Waals surface area contributed by atoms with E-state index >= 15 is 0 Å². The van der Waals surface area contributed by atoms with Gasteiger partial charge in [-0.15, -0.1) is 0 Å². The smallest absolute Gasteiger partial charge is 0.408 e. The molecule has 3 amide bonds. The van der Waals surface area contributed by atoms with Gasteiger partial charge in [0.25, 0.3) is 0 Å². The molecule has 0 saturated carbocycles. The molecule has 0 spiro atoms. The van der Waals surface area contributed by atoms with Gasteiger partial charge in [-0.25, -0.2) is 4.79 Å². The van der Waals surface area contributed by atoms with Crippen molar-refractivity contribution < 1.29 is 19.1 Å². The van der Waals surface area contributed by atoms with Gasteiger partial charge in [0.05, 0.1) is 0 Å². The number of benzene rings is 1. The molecule has 32 heavy (non-hydrogen) atoms. The minimum atomic E-state index is -0.859. The Balaban J connectivity index is 3.41. The molecule has 0 saturated heterocycles. The molecule has 0 aliphatic rings. The summed E-state index contributed by atoms with van der Waals surface area (Å²) < 4.78 is 5.25. The van der Waals surface area contributed by atoms with Crippen molar-refractivity contribution in [3.05, 3.63) is 34.9 Å². The van der Waals surface area contributed by atoms with Gasteiger partial charge in [-0.3, -0.25) is 9.59 Å². The molecule has 7 nitrogen and oxygen atoms in total. The number of hydrogen-bond acceptors (Lipinski definition) is 4. The zero-order valence-electron chi connectivity index (χ0n) is 21.6. The Bertz CT molecular complexity index is 842. The highest BCUT2D eigenvalue weighted by Gasteiger charge is 2.40. The first-order valence-corrected chi connectivity index (χ1v) is 11.0. The SMILES string of the molecule is Cc1ccc(C)c(C(C(=O)NC(C)(C)C)N(C(=O)CNC(=O)OC(C)(C)C)C(C)(C)C)c1. The summed E-state index contributed by atoms with van der Waals surface area (Å²) in [6.07, 6.45) is -0.679. The fourth-order valence-electron chi connectivity index (χ4n) is 3.34. The first-order chi connectivity index (χ1) is 14.3. The standard InChI is InChI=1S/C25H41N3O4/c1-16-12-13-17(2)18(14-16)20(21(30)27-23(3,4)5)28(24(6,7)8)19(29)15-26-22(31)32-25(9,10)11/h12-14,20H,15H2,1-11H3,(H,26,31)(H,27,30). The van der Waals surface area contributed by atoms with E-state index in [9.17, 15) is 14.4 Å². The van der Waals surface area contributed by atoms with Crippen LogP contribution in [0.5, 0.6) is 0 Å². The number of nitrogens with one attached hydrogen (secondary N) is 2. The lowest BCUT2D eigenvalue weighted by molar-refractivity contribution is -0.146. The van der Waals surface area contributed by atoms with Gasteiger partial charge in [-0.05, 0) is 87.3 Å². The second kappa shape index (κ2) is 9.92. The summed E-state index contributed by atoms with van der Waals surface area (Å²) in [6.45, 7) is 20.2. The monoisotopic (exact) mass is 447 g/mol. The van der Waals surface area contributed by atoms with E-state index in [1.54, 1.807) is 25.7 Å². The Labute approximate surface area is 193 Å². The van der Waals surface area contributed by atoms with Crippen molar-refractivity contribution in [3.8, 4) is 0 Å². The lowest BCUT2D eigenvalue weighted by Crippen LogP contribution is -2.57. The Morgan fingerprint density at radius 1 is 0.969 bits per heavy atom. The number of ether oxygens (including phenoxy) is 1. The van der Waals surface area contributed by atoms with Gasteiger partial charge in [0.1, 0.15) is 18.2 Å². The molecule has 0 aromatic heterocycles. The highest BCUT2D eigenvalue weighted by atomic mass is 16.6. The number of aryl methyl sites for hydroxylation is 2. The molecule has 0 radical (unpaired) electrons. The first kappa shape index (κ1) is 27.5. The number of rotatable bonds is 5. The quantitative estimate of drug-likeness (QED) is 0.700. The van der Waals surface area contributed by atoms with Crippen LogP contribution < -0.4 is 10.6 Å². The maximum atomic E-state index is 13.5. The Morgan fingerprint density at radius 2 is 1.53 bits per heavy atom. The molecule has 1 unspecified atom stereocenters. The summed E-state index contributed by atoms with van der Waals surface area (Å²) in [7, 11) is 0. The topological polar surface area (TPSA) is 87.7 Å². The molecule has 1 atom stereocenters. The molecule has 0 fully saturated rings. The van der Waals surface area contributed by atoms with Crippen molar-refractivity contribution in [2.24, 2.45) is 0 Å². The number of carbonyl (C=O) groups is 3. The van der Waals surface area contributed by atoms with Crippen LogP contribution in [0, 0.1) is 13.8 Å². The van der Waals surface area contributed by atoms with E-state index in [2.05, 4.69) is 10.6 Å². The lowest BCUT2D eigenvalue weighted by Gasteiger charge is -2.42. The van der Waals surface area contributed by atoms with Crippen molar-refractivity contribution in [2.45, 2.75) is 98.9 Å². The number of carbonyl (C=O) groups excluding carboxylic acids is 3. The summed E-state index contributed by atoms with van der Waals surface area (Å²) >= 11 is 0. The molecule has 1 rings (SSSR count). The van der Waals surface area contributed by atoms with Gasteiger partial charge in [0, 0.05) is 11.1 Å². The van der Waals surface area contributed by atoms with Gasteiger partial charge in [0.2, 0.25) is 11.8 Å². The van der Waals surface area contributed by atoms with Crippen molar-refractivity contribution >= 4 is 17.9 Å². The fraction of sp³-hybridized carbons (Fsp3) is 0.640. The molecule has 1 aromatic carbocycles. The predicted molar refractivity (Wildman–Crippen MR) is 127 cm³/mol. The molecule has 2 N–H and O–H groups in total. The van der Waals surface area contributed by atoms with E-state index in [-0.39, 0.29) is 18.4 Å². The number of nitrogens with zero attached hydrogens (tertiary/aromatic N) is 1. The van der Waals surface area contributed by atoms with Gasteiger partial charge >= 0.3 is 6.09 Å². The van der Waals surface area contributed by atoms with Crippen LogP contribution in [0.4, 0.5) is 4.79 Å². The molecular formula is C25H41N3O4. The summed E-state index contributed by atoms with van der Waals surface area (Å²) in [6, 6.07) is 5.01. The number of amides is 3. The van der Waals surface area contributed by atoms with E-state index in [0.717, 1.165) is 16.7 Å². The van der Waals surface area contributed by atoms with Crippen LogP contribution in [0.25, 0.3) is 0 Å². The van der Waals surface area contributed by atoms with Crippen LogP contribution in [0.1, 0.15) is 85.0 Å². The third-order valence-electron chi connectivity index (χ3n) is 4.51. The van der Waals surface area contributed by atoms with E-state index in [0.29, 0.717) is 0 Å². The van der Waals surface area contributed by atoms with Crippen LogP contribution >= 0.6 is 0 Å². The molecule has 7 heteroatoms. The van der Waals surface area contributed by atoms with E-state index in [4.69, 9.17) is 4.74 Å². The summed E-state index contributed by atoms with van der Waals surface area (Å²) in [5.41, 5.74) is 0.813. The summed E-state index contributed by atoms with van der Waals surface area (Å²) in [4.78, 5) is 40.6. The van der Waals surface area contributed by atoms with E-state index in [1.807, 2.05) is 73.6 Å². The highest BCUT2D eigenvalue weighted by molar-refractivity contribution is 5.91. The Hall–Kier alpha value is -2.57. The normalized spacial score (nSPS) is 13.2. The summed E-state index contributed by atoms with van der Waals surface area (Å²) in [5.74, 6) is -0.648. The molecule has 0 aliphatic heterocycles. The summed E-state index contributed by atoms with van der Waals surface area (Å²) in [5, 5.41) is 5.55. The maximum Gasteiger partial charge on any atom is 0.408 e. The van der Waals surface area contributed by atoms with Crippen LogP contribution in [0.15, 0.2) is 18.2 Å². The second-order valence-corrected chi connectivity index (χ2v) is 11.3. The van der Waals surface area contributed by atoms with Crippen molar-refractivity contribution in [1.82, 2.24) is 15.5 Å². The minimum Gasteiger partial charge on any atom is -0.444 e. The van der Waals surface area contributed by atoms with E-state index < -0.39 is 28.8 Å². The highest BCUT2D eigenvalue weighted by Crippen LogP contribution is 2.32. The predicted octanol–water partition coefficient (Wildman–Crippen LogP) is 4.41. The van der Waals surface area contributed by atoms with Crippen LogP contribution in [0.3, 0.4) is 0 Å². The molecule has 0 heterocycles. The zero-order valence-corrected chi connectivity index (χ0v) is 21.6. The van der Waals surface area contributed by atoms with Gasteiger partial charge in [0.15, 0.2) is 0 Å². The van der Waals surface area contributed by atoms with Crippen molar-refractivity contribution in [1.29, 1.82) is 0 Å². The fourth-order valence-corrected chi connectivity index (χ4v) is 3.34. The largest absolute Gasteiger partial charge is 0.444 e. The molecule has 0 bridgehead atoms. The van der Waals surface area contributed by atoms with Crippen LogP contribution in [-0.2, 0) is 14.3 Å². The van der Waals surface area contributed by atoms with E-state index in [1.165, 1.54) is 0 Å². The molecule has 1 aromatic rings. The maximum absolute atomic E-state index is 13.5. The number of hydrogen-bond donors (Lipinski definition) is 2. The van der Waals surface area contributed by atoms with Crippen LogP contribution in [0.2, 0.25) is 0 Å². The molecular weight excluding hydrogens is 406 g/mol. The molecule has 180 valence electrons. The third-order valence-corrected chi connectivity index (χ3v) is 4.51. The molecule has 0 aliphatic carbocycles. The van der Waals surface area contributed by atoms with Crippen molar-refractivity contribution in [2.75, 3.05) is 6.54 Å². The van der Waals surface area contributed by atoms with Crippen molar-refractivity contribution in [3.63, 3.8) is 0 Å². The average molecular weight is 448 g/mol. The Morgan fingerprint density at radius 3 is 2.00 bits per heavy atom. The third kappa shape index (κ3) is 8.52. The van der Waals surface area contributed by atoms with Crippen LogP contribution in [-0.4, -0.2) is 46.0 Å². The van der Waals surface area contributed by atoms with Gasteiger partial charge < -0.3 is 20.3 Å². The van der Waals surface area contributed by atoms with Gasteiger partial charge in [-0.2, -0.15) is 0 Å². The Kier molecular flexibility index (Phi) is 8.52. The lowest BCUT2D eigenvalue weighted by atomic mass is 9.92. The van der Waals surface area contributed by atoms with Gasteiger partial charge in [-0.1, -0.05) is 23.8 Å². The zero-order chi connectivity index (χ0) is 25.1. The number of alkyl carbamates (subject to hydrolysis) is 1. The second-order valence-electron chi connectivity index (χ2n) is 11.3.